The molecule has 0 bridgehead atoms. The third-order valence-corrected chi connectivity index (χ3v) is 0.688. The summed E-state index contributed by atoms with van der Waals surface area (Å²) in [4.78, 5) is 0. The summed E-state index contributed by atoms with van der Waals surface area (Å²) >= 11 is 0. The maximum atomic E-state index is 6.35. The van der Waals surface area contributed by atoms with Crippen molar-refractivity contribution in [1.29, 1.82) is 5.53 Å². The summed E-state index contributed by atoms with van der Waals surface area (Å²) in [5, 5.41) is 3.04. The maximum Gasteiger partial charge on any atom is 0.0452 e. The van der Waals surface area contributed by atoms with Crippen LogP contribution in [0.1, 0.15) is 13.3 Å². The molecule has 8 heavy (non-hydrogen) atoms. The molecule has 0 saturated heterocycles. The average Bonchev–Trinajstić information content (AvgIpc) is 1.81. The first-order valence-corrected chi connectivity index (χ1v) is 2.54. The Hall–Kier alpha value is -0.920. The molecular weight excluding hydrogens is 100 g/mol. The summed E-state index contributed by atoms with van der Waals surface area (Å²) < 4.78 is 0. The Labute approximate surface area is 49.4 Å². The van der Waals surface area contributed by atoms with Gasteiger partial charge in [0.1, 0.15) is 0 Å². The van der Waals surface area contributed by atoms with Crippen molar-refractivity contribution in [3.05, 3.63) is 24.4 Å². The monoisotopic (exact) mass is 110 g/mol. The summed E-state index contributed by atoms with van der Waals surface area (Å²) in [5.41, 5.74) is 6.35. The smallest absolute Gasteiger partial charge is 0.0452 e. The third-order valence-electron chi connectivity index (χ3n) is 0.688. The lowest BCUT2D eigenvalue weighted by atomic mass is 10.4. The SMILES string of the molecule is C/C=C\C/C=C\N=N. The molecule has 0 saturated carbocycles. The summed E-state index contributed by atoms with van der Waals surface area (Å²) in [6.07, 6.45) is 8.14. The minimum absolute atomic E-state index is 0.874. The van der Waals surface area contributed by atoms with Gasteiger partial charge < -0.3 is 0 Å². The lowest BCUT2D eigenvalue weighted by Crippen LogP contribution is -1.53. The van der Waals surface area contributed by atoms with Crippen LogP contribution in [0, 0.1) is 5.53 Å². The van der Waals surface area contributed by atoms with Gasteiger partial charge >= 0.3 is 0 Å². The molecule has 0 spiro atoms. The predicted molar refractivity (Wildman–Crippen MR) is 33.7 cm³/mol. The first-order valence-electron chi connectivity index (χ1n) is 2.54. The summed E-state index contributed by atoms with van der Waals surface area (Å²) in [5.74, 6) is 0. The zero-order valence-electron chi connectivity index (χ0n) is 4.96. The third kappa shape index (κ3) is 5.08. The zero-order valence-corrected chi connectivity index (χ0v) is 4.96. The molecular formula is C6H10N2. The van der Waals surface area contributed by atoms with E-state index >= 15 is 0 Å². The molecule has 0 aliphatic heterocycles. The largest absolute Gasteiger partial charge is 0.205 e. The Morgan fingerprint density at radius 1 is 1.50 bits per heavy atom. The standard InChI is InChI=1S/C6H10N2/c1-2-3-4-5-6-8-7/h2-3,5-7H,4H2,1H3/b3-2-,6-5-,8-7?. The second-order valence-corrected chi connectivity index (χ2v) is 1.32. The van der Waals surface area contributed by atoms with Crippen LogP contribution in [0.3, 0.4) is 0 Å². The average molecular weight is 110 g/mol. The molecule has 0 aromatic carbocycles. The molecule has 2 nitrogen and oxygen atoms in total. The second-order valence-electron chi connectivity index (χ2n) is 1.32. The van der Waals surface area contributed by atoms with E-state index in [2.05, 4.69) is 5.11 Å². The molecule has 0 atom stereocenters. The van der Waals surface area contributed by atoms with Crippen LogP contribution < -0.4 is 0 Å². The minimum atomic E-state index is 0.874. The Bertz CT molecular complexity index is 103. The van der Waals surface area contributed by atoms with Gasteiger partial charge in [-0.15, -0.1) is 0 Å². The predicted octanol–water partition coefficient (Wildman–Crippen LogP) is 2.50. The molecule has 0 radical (unpaired) electrons. The van der Waals surface area contributed by atoms with Crippen LogP contribution in [0.15, 0.2) is 29.5 Å². The van der Waals surface area contributed by atoms with E-state index in [1.165, 1.54) is 6.20 Å². The van der Waals surface area contributed by atoms with E-state index in [0.29, 0.717) is 0 Å². The molecule has 2 heteroatoms. The van der Waals surface area contributed by atoms with Gasteiger partial charge in [-0.1, -0.05) is 18.2 Å². The zero-order chi connectivity index (χ0) is 6.24. The van der Waals surface area contributed by atoms with Gasteiger partial charge in [-0.25, -0.2) is 5.53 Å². The van der Waals surface area contributed by atoms with Gasteiger partial charge in [0.25, 0.3) is 0 Å². The van der Waals surface area contributed by atoms with Crippen molar-refractivity contribution < 1.29 is 0 Å². The van der Waals surface area contributed by atoms with Gasteiger partial charge in [0.05, 0.1) is 0 Å². The van der Waals surface area contributed by atoms with E-state index in [1.54, 1.807) is 0 Å². The van der Waals surface area contributed by atoms with Gasteiger partial charge in [0, 0.05) is 6.20 Å². The van der Waals surface area contributed by atoms with Crippen molar-refractivity contribution in [1.82, 2.24) is 0 Å². The van der Waals surface area contributed by atoms with Crippen LogP contribution in [-0.4, -0.2) is 0 Å². The number of hydrogen-bond acceptors (Lipinski definition) is 2. The lowest BCUT2D eigenvalue weighted by molar-refractivity contribution is 1.13. The van der Waals surface area contributed by atoms with E-state index in [4.69, 9.17) is 5.53 Å². The molecule has 0 aliphatic rings. The van der Waals surface area contributed by atoms with Gasteiger partial charge in [-0.2, -0.15) is 5.11 Å². The van der Waals surface area contributed by atoms with Crippen molar-refractivity contribution in [2.45, 2.75) is 13.3 Å². The van der Waals surface area contributed by atoms with E-state index in [0.717, 1.165) is 6.42 Å². The van der Waals surface area contributed by atoms with Crippen LogP contribution >= 0.6 is 0 Å². The van der Waals surface area contributed by atoms with E-state index in [1.807, 2.05) is 25.2 Å². The summed E-state index contributed by atoms with van der Waals surface area (Å²) in [6, 6.07) is 0. The highest BCUT2D eigenvalue weighted by atomic mass is 14.9. The fraction of sp³-hybridized carbons (Fsp3) is 0.333. The molecule has 44 valence electrons. The molecule has 0 heterocycles. The lowest BCUT2D eigenvalue weighted by Gasteiger charge is -1.73. The van der Waals surface area contributed by atoms with Crippen LogP contribution in [-0.2, 0) is 0 Å². The highest BCUT2D eigenvalue weighted by molar-refractivity contribution is 4.89. The maximum absolute atomic E-state index is 6.35. The first-order chi connectivity index (χ1) is 3.91. The van der Waals surface area contributed by atoms with Gasteiger partial charge in [0.2, 0.25) is 0 Å². The van der Waals surface area contributed by atoms with E-state index in [9.17, 15) is 0 Å². The van der Waals surface area contributed by atoms with Crippen molar-refractivity contribution in [2.24, 2.45) is 5.11 Å². The Morgan fingerprint density at radius 2 is 2.25 bits per heavy atom. The normalized spacial score (nSPS) is 11.1. The Morgan fingerprint density at radius 3 is 2.75 bits per heavy atom. The fourth-order valence-electron chi connectivity index (χ4n) is 0.328. The quantitative estimate of drug-likeness (QED) is 0.428. The van der Waals surface area contributed by atoms with Gasteiger partial charge in [-0.05, 0) is 13.3 Å². The van der Waals surface area contributed by atoms with Crippen LogP contribution in [0.25, 0.3) is 0 Å². The molecule has 0 rings (SSSR count). The first kappa shape index (κ1) is 7.08. The van der Waals surface area contributed by atoms with Crippen LogP contribution in [0.2, 0.25) is 0 Å². The molecule has 0 fully saturated rings. The van der Waals surface area contributed by atoms with E-state index < -0.39 is 0 Å². The van der Waals surface area contributed by atoms with Crippen molar-refractivity contribution >= 4 is 0 Å². The fourth-order valence-corrected chi connectivity index (χ4v) is 0.328. The van der Waals surface area contributed by atoms with Gasteiger partial charge in [-0.3, -0.25) is 0 Å². The number of nitrogens with zero attached hydrogens (tertiary/aromatic N) is 1. The molecule has 0 aromatic rings. The molecule has 0 aromatic heterocycles. The number of nitrogens with one attached hydrogen (secondary N) is 1. The number of rotatable bonds is 3. The molecule has 0 aliphatic carbocycles. The van der Waals surface area contributed by atoms with Crippen LogP contribution in [0.4, 0.5) is 0 Å². The van der Waals surface area contributed by atoms with Crippen molar-refractivity contribution in [3.63, 3.8) is 0 Å². The van der Waals surface area contributed by atoms with E-state index in [-0.39, 0.29) is 0 Å². The molecule has 1 N–H and O–H groups in total. The Balaban J connectivity index is 3.15. The van der Waals surface area contributed by atoms with Crippen LogP contribution in [0.5, 0.6) is 0 Å². The second kappa shape index (κ2) is 6.08. The molecule has 0 unspecified atom stereocenters. The number of hydrogen-bond donors (Lipinski definition) is 1. The minimum Gasteiger partial charge on any atom is -0.205 e. The highest BCUT2D eigenvalue weighted by Gasteiger charge is 1.64. The highest BCUT2D eigenvalue weighted by Crippen LogP contribution is 1.84. The Kier molecular flexibility index (Phi) is 5.38. The molecule has 0 amide bonds. The van der Waals surface area contributed by atoms with Crippen molar-refractivity contribution in [2.75, 3.05) is 0 Å². The summed E-state index contributed by atoms with van der Waals surface area (Å²) in [7, 11) is 0. The summed E-state index contributed by atoms with van der Waals surface area (Å²) in [6.45, 7) is 1.96. The van der Waals surface area contributed by atoms with Crippen molar-refractivity contribution in [3.8, 4) is 0 Å². The number of allylic oxidation sites excluding steroid dienone is 3. The van der Waals surface area contributed by atoms with Gasteiger partial charge in [0.15, 0.2) is 0 Å². The topological polar surface area (TPSA) is 36.2 Å².